The molecule has 0 saturated carbocycles. The number of thioether (sulfide) groups is 1. The highest BCUT2D eigenvalue weighted by Gasteiger charge is 2.07. The minimum Gasteiger partial charge on any atom is -0.383 e. The molecular formula is C11H11N3OS. The maximum atomic E-state index is 11.8. The fourth-order valence-corrected chi connectivity index (χ4v) is 2.00. The van der Waals surface area contributed by atoms with Gasteiger partial charge in [0.2, 0.25) is 0 Å². The molecule has 0 fully saturated rings. The average Bonchev–Trinajstić information content (AvgIpc) is 2.29. The number of rotatable bonds is 2. The zero-order valence-corrected chi connectivity index (χ0v) is 9.57. The van der Waals surface area contributed by atoms with Crippen LogP contribution >= 0.6 is 11.8 Å². The van der Waals surface area contributed by atoms with Gasteiger partial charge in [-0.05, 0) is 18.4 Å². The van der Waals surface area contributed by atoms with E-state index in [0.717, 1.165) is 5.69 Å². The van der Waals surface area contributed by atoms with E-state index in [1.807, 2.05) is 36.6 Å². The monoisotopic (exact) mass is 233 g/mol. The van der Waals surface area contributed by atoms with Crippen LogP contribution in [0.5, 0.6) is 0 Å². The van der Waals surface area contributed by atoms with E-state index in [2.05, 4.69) is 4.98 Å². The van der Waals surface area contributed by atoms with Gasteiger partial charge in [-0.15, -0.1) is 0 Å². The molecule has 2 rings (SSSR count). The first-order valence-electron chi connectivity index (χ1n) is 4.71. The standard InChI is InChI=1S/C11H11N3OS/c1-16-11-13-9(12)7-10(15)14(11)8-5-3-2-4-6-8/h2-7H,12H2,1H3. The number of hydrogen-bond acceptors (Lipinski definition) is 4. The van der Waals surface area contributed by atoms with E-state index in [4.69, 9.17) is 5.73 Å². The summed E-state index contributed by atoms with van der Waals surface area (Å²) in [5, 5.41) is 0.594. The lowest BCUT2D eigenvalue weighted by atomic mass is 10.3. The van der Waals surface area contributed by atoms with Gasteiger partial charge in [-0.2, -0.15) is 0 Å². The molecule has 1 heterocycles. The van der Waals surface area contributed by atoms with Gasteiger partial charge >= 0.3 is 0 Å². The van der Waals surface area contributed by atoms with Crippen molar-refractivity contribution in [3.63, 3.8) is 0 Å². The van der Waals surface area contributed by atoms with E-state index in [1.54, 1.807) is 4.57 Å². The Kier molecular flexibility index (Phi) is 2.96. The molecule has 4 nitrogen and oxygen atoms in total. The van der Waals surface area contributed by atoms with Crippen molar-refractivity contribution in [1.82, 2.24) is 9.55 Å². The first-order valence-corrected chi connectivity index (χ1v) is 5.94. The second-order valence-corrected chi connectivity index (χ2v) is 3.95. The van der Waals surface area contributed by atoms with Crippen molar-refractivity contribution >= 4 is 17.6 Å². The summed E-state index contributed by atoms with van der Waals surface area (Å²) in [7, 11) is 0. The smallest absolute Gasteiger partial charge is 0.260 e. The molecular weight excluding hydrogens is 222 g/mol. The highest BCUT2D eigenvalue weighted by Crippen LogP contribution is 2.15. The summed E-state index contributed by atoms with van der Waals surface area (Å²) in [4.78, 5) is 16.0. The molecule has 0 radical (unpaired) electrons. The van der Waals surface area contributed by atoms with Crippen molar-refractivity contribution in [1.29, 1.82) is 0 Å². The third kappa shape index (κ3) is 1.94. The predicted molar refractivity (Wildman–Crippen MR) is 66.0 cm³/mol. The molecule has 0 unspecified atom stereocenters. The molecule has 0 saturated heterocycles. The zero-order chi connectivity index (χ0) is 11.5. The van der Waals surface area contributed by atoms with Crippen LogP contribution in [0.1, 0.15) is 0 Å². The summed E-state index contributed by atoms with van der Waals surface area (Å²) in [6.45, 7) is 0. The summed E-state index contributed by atoms with van der Waals surface area (Å²) in [6, 6.07) is 10.7. The molecule has 1 aromatic carbocycles. The average molecular weight is 233 g/mol. The number of nitrogens with two attached hydrogens (primary N) is 1. The van der Waals surface area contributed by atoms with Crippen LogP contribution in [0.3, 0.4) is 0 Å². The van der Waals surface area contributed by atoms with Gasteiger partial charge < -0.3 is 5.73 Å². The van der Waals surface area contributed by atoms with E-state index in [0.29, 0.717) is 5.16 Å². The van der Waals surface area contributed by atoms with Gasteiger partial charge in [0, 0.05) is 6.07 Å². The molecule has 0 aliphatic rings. The van der Waals surface area contributed by atoms with Crippen molar-refractivity contribution in [2.45, 2.75) is 5.16 Å². The zero-order valence-electron chi connectivity index (χ0n) is 8.75. The predicted octanol–water partition coefficient (Wildman–Crippen LogP) is 1.54. The minimum absolute atomic E-state index is 0.164. The van der Waals surface area contributed by atoms with E-state index in [1.165, 1.54) is 17.8 Å². The normalized spacial score (nSPS) is 10.3. The number of anilines is 1. The number of aromatic nitrogens is 2. The molecule has 1 aromatic heterocycles. The molecule has 82 valence electrons. The SMILES string of the molecule is CSc1nc(N)cc(=O)n1-c1ccccc1. The Balaban J connectivity index is 2.69. The van der Waals surface area contributed by atoms with Gasteiger partial charge in [-0.25, -0.2) is 4.98 Å². The number of nitrogens with zero attached hydrogens (tertiary/aromatic N) is 2. The molecule has 0 spiro atoms. The number of nitrogen functional groups attached to an aromatic ring is 1. The first kappa shape index (κ1) is 10.8. The van der Waals surface area contributed by atoms with Gasteiger partial charge in [0.1, 0.15) is 5.82 Å². The quantitative estimate of drug-likeness (QED) is 0.631. The third-order valence-electron chi connectivity index (χ3n) is 2.10. The Bertz CT molecular complexity index is 551. The second-order valence-electron chi connectivity index (χ2n) is 3.18. The highest BCUT2D eigenvalue weighted by atomic mass is 32.2. The van der Waals surface area contributed by atoms with Crippen LogP contribution < -0.4 is 11.3 Å². The molecule has 2 N–H and O–H groups in total. The summed E-state index contributed by atoms with van der Waals surface area (Å²) in [5.74, 6) is 0.251. The maximum Gasteiger partial charge on any atom is 0.260 e. The van der Waals surface area contributed by atoms with Gasteiger partial charge in [0.15, 0.2) is 5.16 Å². The van der Waals surface area contributed by atoms with Crippen LogP contribution in [0.4, 0.5) is 5.82 Å². The summed E-state index contributed by atoms with van der Waals surface area (Å²) in [6.07, 6.45) is 1.86. The Morgan fingerprint density at radius 2 is 2.00 bits per heavy atom. The Morgan fingerprint density at radius 1 is 1.31 bits per heavy atom. The van der Waals surface area contributed by atoms with Crippen molar-refractivity contribution in [3.05, 3.63) is 46.8 Å². The molecule has 2 aromatic rings. The van der Waals surface area contributed by atoms with Crippen molar-refractivity contribution < 1.29 is 0 Å². The van der Waals surface area contributed by atoms with Crippen LogP contribution in [-0.4, -0.2) is 15.8 Å². The highest BCUT2D eigenvalue weighted by molar-refractivity contribution is 7.98. The van der Waals surface area contributed by atoms with E-state index in [-0.39, 0.29) is 11.4 Å². The van der Waals surface area contributed by atoms with Crippen LogP contribution in [0.2, 0.25) is 0 Å². The number of para-hydroxylation sites is 1. The summed E-state index contributed by atoms with van der Waals surface area (Å²) in [5.41, 5.74) is 6.18. The van der Waals surface area contributed by atoms with Crippen molar-refractivity contribution in [3.8, 4) is 5.69 Å². The molecule has 0 amide bonds. The van der Waals surface area contributed by atoms with Gasteiger partial charge in [0.25, 0.3) is 5.56 Å². The Labute approximate surface area is 97.1 Å². The van der Waals surface area contributed by atoms with Crippen LogP contribution in [0.15, 0.2) is 46.3 Å². The molecule has 0 aliphatic heterocycles. The number of hydrogen-bond donors (Lipinski definition) is 1. The van der Waals surface area contributed by atoms with Crippen molar-refractivity contribution in [2.24, 2.45) is 0 Å². The topological polar surface area (TPSA) is 60.9 Å². The van der Waals surface area contributed by atoms with Crippen LogP contribution in [0.25, 0.3) is 5.69 Å². The van der Waals surface area contributed by atoms with Gasteiger partial charge in [-0.3, -0.25) is 9.36 Å². The molecule has 0 aliphatic carbocycles. The first-order chi connectivity index (χ1) is 7.72. The maximum absolute atomic E-state index is 11.8. The molecule has 0 atom stereocenters. The largest absolute Gasteiger partial charge is 0.383 e. The minimum atomic E-state index is -0.164. The van der Waals surface area contributed by atoms with Gasteiger partial charge in [-0.1, -0.05) is 30.0 Å². The third-order valence-corrected chi connectivity index (χ3v) is 2.74. The lowest BCUT2D eigenvalue weighted by Gasteiger charge is -2.09. The number of benzene rings is 1. The Hall–Kier alpha value is -1.75. The molecule has 16 heavy (non-hydrogen) atoms. The van der Waals surface area contributed by atoms with Crippen LogP contribution in [-0.2, 0) is 0 Å². The lowest BCUT2D eigenvalue weighted by Crippen LogP contribution is -2.21. The fraction of sp³-hybridized carbons (Fsp3) is 0.0909. The van der Waals surface area contributed by atoms with Crippen molar-refractivity contribution in [2.75, 3.05) is 12.0 Å². The van der Waals surface area contributed by atoms with E-state index >= 15 is 0 Å². The fourth-order valence-electron chi connectivity index (χ4n) is 1.43. The second kappa shape index (κ2) is 4.40. The molecule has 5 heteroatoms. The summed E-state index contributed by atoms with van der Waals surface area (Å²) >= 11 is 1.39. The van der Waals surface area contributed by atoms with E-state index in [9.17, 15) is 4.79 Å². The summed E-state index contributed by atoms with van der Waals surface area (Å²) < 4.78 is 1.54. The Morgan fingerprint density at radius 3 is 2.62 bits per heavy atom. The van der Waals surface area contributed by atoms with Gasteiger partial charge in [0.05, 0.1) is 5.69 Å². The molecule has 0 bridgehead atoms. The van der Waals surface area contributed by atoms with E-state index < -0.39 is 0 Å². The van der Waals surface area contributed by atoms with Crippen LogP contribution in [0, 0.1) is 0 Å². The lowest BCUT2D eigenvalue weighted by molar-refractivity contribution is 0.803.